The van der Waals surface area contributed by atoms with Gasteiger partial charge in [0, 0.05) is 11.7 Å². The first-order valence-electron chi connectivity index (χ1n) is 7.32. The zero-order valence-electron chi connectivity index (χ0n) is 12.2. The predicted octanol–water partition coefficient (Wildman–Crippen LogP) is 3.02. The fourth-order valence-corrected chi connectivity index (χ4v) is 3.97. The van der Waals surface area contributed by atoms with Gasteiger partial charge in [0.1, 0.15) is 0 Å². The largest absolute Gasteiger partial charge is 0.382 e. The molecule has 4 nitrogen and oxygen atoms in total. The molecule has 2 atom stereocenters. The molecule has 112 valence electrons. The minimum absolute atomic E-state index is 0.214. The second kappa shape index (κ2) is 6.14. The van der Waals surface area contributed by atoms with Crippen molar-refractivity contribution in [2.24, 2.45) is 11.1 Å². The van der Waals surface area contributed by atoms with Crippen LogP contribution in [0.5, 0.6) is 0 Å². The average molecular weight is 296 g/mol. The molecule has 1 aromatic rings. The summed E-state index contributed by atoms with van der Waals surface area (Å²) in [6.07, 6.45) is 6.10. The van der Waals surface area contributed by atoms with Crippen molar-refractivity contribution in [1.82, 2.24) is 0 Å². The third-order valence-electron chi connectivity index (χ3n) is 4.36. The molecule has 1 aliphatic rings. The maximum Gasteiger partial charge on any atom is 0.238 e. The number of primary sulfonamides is 1. The van der Waals surface area contributed by atoms with E-state index in [0.717, 1.165) is 24.1 Å². The second-order valence-electron chi connectivity index (χ2n) is 5.68. The number of nitrogens with two attached hydrogens (primary N) is 1. The van der Waals surface area contributed by atoms with E-state index in [4.69, 9.17) is 5.14 Å². The van der Waals surface area contributed by atoms with Crippen LogP contribution in [0.2, 0.25) is 0 Å². The molecule has 0 radical (unpaired) electrons. The van der Waals surface area contributed by atoms with Crippen LogP contribution in [0, 0.1) is 12.8 Å². The Morgan fingerprint density at radius 2 is 2.00 bits per heavy atom. The summed E-state index contributed by atoms with van der Waals surface area (Å²) in [5.41, 5.74) is 1.61. The highest BCUT2D eigenvalue weighted by Crippen LogP contribution is 2.31. The van der Waals surface area contributed by atoms with E-state index in [1.165, 1.54) is 19.3 Å². The summed E-state index contributed by atoms with van der Waals surface area (Å²) in [5.74, 6) is 0.668. The summed E-state index contributed by atoms with van der Waals surface area (Å²) in [7, 11) is -3.66. The maximum absolute atomic E-state index is 11.6. The van der Waals surface area contributed by atoms with Gasteiger partial charge in [-0.2, -0.15) is 0 Å². The molecule has 1 aliphatic carbocycles. The van der Waals surface area contributed by atoms with Crippen LogP contribution in [0.25, 0.3) is 0 Å². The van der Waals surface area contributed by atoms with Crippen LogP contribution in [-0.2, 0) is 10.0 Å². The Labute approximate surface area is 121 Å². The summed E-state index contributed by atoms with van der Waals surface area (Å²) in [6.45, 7) is 4.03. The third kappa shape index (κ3) is 3.33. The molecule has 2 unspecified atom stereocenters. The minimum atomic E-state index is -3.66. The van der Waals surface area contributed by atoms with Crippen LogP contribution >= 0.6 is 0 Å². The standard InChI is InChI=1S/C15H24N2O2S/c1-3-12-7-4-5-8-14(12)17-13-9-6-10-15(11(13)2)20(16,18)19/h6,9-10,12,14,17H,3-5,7-8H2,1-2H3,(H2,16,18,19). The van der Waals surface area contributed by atoms with Crippen LogP contribution in [0.4, 0.5) is 5.69 Å². The molecule has 20 heavy (non-hydrogen) atoms. The Morgan fingerprint density at radius 3 is 2.65 bits per heavy atom. The van der Waals surface area contributed by atoms with Crippen LogP contribution < -0.4 is 10.5 Å². The van der Waals surface area contributed by atoms with E-state index < -0.39 is 10.0 Å². The Balaban J connectivity index is 2.25. The van der Waals surface area contributed by atoms with Crippen molar-refractivity contribution in [1.29, 1.82) is 0 Å². The number of rotatable bonds is 4. The van der Waals surface area contributed by atoms with Gasteiger partial charge in [-0.05, 0) is 43.4 Å². The summed E-state index contributed by atoms with van der Waals surface area (Å²) in [6, 6.07) is 5.68. The van der Waals surface area contributed by atoms with Gasteiger partial charge in [-0.25, -0.2) is 13.6 Å². The predicted molar refractivity (Wildman–Crippen MR) is 82.2 cm³/mol. The highest BCUT2D eigenvalue weighted by atomic mass is 32.2. The molecule has 3 N–H and O–H groups in total. The van der Waals surface area contributed by atoms with E-state index in [0.29, 0.717) is 12.0 Å². The lowest BCUT2D eigenvalue weighted by atomic mass is 9.82. The van der Waals surface area contributed by atoms with Crippen molar-refractivity contribution < 1.29 is 8.42 Å². The molecule has 0 aliphatic heterocycles. The van der Waals surface area contributed by atoms with E-state index in [2.05, 4.69) is 12.2 Å². The molecule has 1 aromatic carbocycles. The molecule has 2 rings (SSSR count). The van der Waals surface area contributed by atoms with Crippen LogP contribution in [0.1, 0.15) is 44.6 Å². The number of hydrogen-bond donors (Lipinski definition) is 2. The highest BCUT2D eigenvalue weighted by Gasteiger charge is 2.24. The Hall–Kier alpha value is -1.07. The van der Waals surface area contributed by atoms with Crippen LogP contribution in [-0.4, -0.2) is 14.5 Å². The van der Waals surface area contributed by atoms with Gasteiger partial charge in [0.25, 0.3) is 0 Å². The van der Waals surface area contributed by atoms with E-state index in [-0.39, 0.29) is 4.90 Å². The lowest BCUT2D eigenvalue weighted by Crippen LogP contribution is -2.32. The van der Waals surface area contributed by atoms with Crippen LogP contribution in [0.15, 0.2) is 23.1 Å². The van der Waals surface area contributed by atoms with Gasteiger partial charge in [-0.3, -0.25) is 0 Å². The van der Waals surface area contributed by atoms with E-state index in [1.54, 1.807) is 12.1 Å². The topological polar surface area (TPSA) is 72.2 Å². The monoisotopic (exact) mass is 296 g/mol. The first-order valence-corrected chi connectivity index (χ1v) is 8.87. The molecular formula is C15H24N2O2S. The molecule has 0 saturated heterocycles. The molecule has 0 spiro atoms. The Kier molecular flexibility index (Phi) is 4.70. The average Bonchev–Trinajstić information content (AvgIpc) is 2.40. The van der Waals surface area contributed by atoms with Gasteiger partial charge in [-0.1, -0.05) is 32.3 Å². The first kappa shape index (κ1) is 15.3. The zero-order chi connectivity index (χ0) is 14.8. The van der Waals surface area contributed by atoms with Crippen molar-refractivity contribution in [3.63, 3.8) is 0 Å². The number of benzene rings is 1. The van der Waals surface area contributed by atoms with Gasteiger partial charge < -0.3 is 5.32 Å². The van der Waals surface area contributed by atoms with Crippen molar-refractivity contribution in [3.8, 4) is 0 Å². The van der Waals surface area contributed by atoms with E-state index in [1.807, 2.05) is 13.0 Å². The van der Waals surface area contributed by atoms with Crippen LogP contribution in [0.3, 0.4) is 0 Å². The highest BCUT2D eigenvalue weighted by molar-refractivity contribution is 7.89. The van der Waals surface area contributed by atoms with Gasteiger partial charge in [0.05, 0.1) is 4.90 Å². The van der Waals surface area contributed by atoms with Crippen molar-refractivity contribution in [3.05, 3.63) is 23.8 Å². The normalized spacial score (nSPS) is 23.6. The summed E-state index contributed by atoms with van der Waals surface area (Å²) in [5, 5.41) is 8.80. The first-order chi connectivity index (χ1) is 9.43. The smallest absolute Gasteiger partial charge is 0.238 e. The molecule has 1 fully saturated rings. The number of sulfonamides is 1. The molecule has 0 bridgehead atoms. The van der Waals surface area contributed by atoms with Crippen molar-refractivity contribution >= 4 is 15.7 Å². The summed E-state index contributed by atoms with van der Waals surface area (Å²) < 4.78 is 23.1. The summed E-state index contributed by atoms with van der Waals surface area (Å²) >= 11 is 0. The third-order valence-corrected chi connectivity index (χ3v) is 5.42. The van der Waals surface area contributed by atoms with Gasteiger partial charge in [0.15, 0.2) is 0 Å². The number of anilines is 1. The van der Waals surface area contributed by atoms with E-state index >= 15 is 0 Å². The second-order valence-corrected chi connectivity index (χ2v) is 7.21. The number of nitrogens with one attached hydrogen (secondary N) is 1. The zero-order valence-corrected chi connectivity index (χ0v) is 13.0. The van der Waals surface area contributed by atoms with Gasteiger partial charge >= 0.3 is 0 Å². The minimum Gasteiger partial charge on any atom is -0.382 e. The van der Waals surface area contributed by atoms with Gasteiger partial charge in [0.2, 0.25) is 10.0 Å². The SMILES string of the molecule is CCC1CCCCC1Nc1cccc(S(N)(=O)=O)c1C. The fourth-order valence-electron chi connectivity index (χ4n) is 3.17. The summed E-state index contributed by atoms with van der Waals surface area (Å²) in [4.78, 5) is 0.214. The molecule has 0 amide bonds. The Bertz CT molecular complexity index is 569. The lowest BCUT2D eigenvalue weighted by molar-refractivity contribution is 0.317. The van der Waals surface area contributed by atoms with E-state index in [9.17, 15) is 8.42 Å². The molecular weight excluding hydrogens is 272 g/mol. The molecule has 0 aromatic heterocycles. The van der Waals surface area contributed by atoms with Gasteiger partial charge in [-0.15, -0.1) is 0 Å². The van der Waals surface area contributed by atoms with Crippen molar-refractivity contribution in [2.45, 2.75) is 56.9 Å². The molecule has 1 saturated carbocycles. The Morgan fingerprint density at radius 1 is 1.30 bits per heavy atom. The number of hydrogen-bond acceptors (Lipinski definition) is 3. The maximum atomic E-state index is 11.6. The van der Waals surface area contributed by atoms with Crippen molar-refractivity contribution in [2.75, 3.05) is 5.32 Å². The lowest BCUT2D eigenvalue weighted by Gasteiger charge is -2.33. The fraction of sp³-hybridized carbons (Fsp3) is 0.600. The molecule has 0 heterocycles. The molecule has 5 heteroatoms. The quantitative estimate of drug-likeness (QED) is 0.897.